The first-order valence-corrected chi connectivity index (χ1v) is 12.4. The highest BCUT2D eigenvalue weighted by Gasteiger charge is 2.87. The molecule has 12 nitrogen and oxygen atoms in total. The summed E-state index contributed by atoms with van der Waals surface area (Å²) < 4.78 is 51.1. The average Bonchev–Trinajstić information content (AvgIpc) is 3.27. The van der Waals surface area contributed by atoms with Crippen LogP contribution >= 0.6 is 19.3 Å². The van der Waals surface area contributed by atoms with Crippen molar-refractivity contribution in [1.29, 1.82) is 0 Å². The van der Waals surface area contributed by atoms with Crippen LogP contribution in [0.15, 0.2) is 52.2 Å². The first-order valence-electron chi connectivity index (χ1n) is 10.5. The maximum absolute atomic E-state index is 15.6. The summed E-state index contributed by atoms with van der Waals surface area (Å²) in [5.41, 5.74) is -4.29. The standard InChI is InChI=1S/C20H22ClFN3O9P/c1-3-31-16(27)11(2)24-35(30,33-12-7-5-4-6-8-12)34-15-14-19(15,29)20(21,22)17(32-14)25-10-9-13(26)23-18(25)28/h4-11,14-15,17,29H,3H2,1-2H3,(H,24,30)(H,23,26,28)/t11-,14+,15?,17+,19-,20-,35?/m0/s1. The highest BCUT2D eigenvalue weighted by Crippen LogP contribution is 2.67. The molecule has 3 N–H and O–H groups in total. The maximum Gasteiger partial charge on any atom is 0.459 e. The van der Waals surface area contributed by atoms with Crippen molar-refractivity contribution >= 4 is 25.3 Å². The highest BCUT2D eigenvalue weighted by molar-refractivity contribution is 7.52. The number of alkyl halides is 2. The number of hydrogen-bond acceptors (Lipinski definition) is 9. The van der Waals surface area contributed by atoms with Gasteiger partial charge >= 0.3 is 19.4 Å². The van der Waals surface area contributed by atoms with Gasteiger partial charge in [0.05, 0.1) is 6.61 Å². The van der Waals surface area contributed by atoms with Gasteiger partial charge in [-0.2, -0.15) is 5.09 Å². The van der Waals surface area contributed by atoms with Gasteiger partial charge in [0.25, 0.3) is 10.7 Å². The molecule has 1 saturated carbocycles. The molecule has 2 aliphatic rings. The minimum atomic E-state index is -4.46. The number of carbonyl (C=O) groups excluding carboxylic acids is 1. The third kappa shape index (κ3) is 4.55. The lowest BCUT2D eigenvalue weighted by Gasteiger charge is -2.30. The van der Waals surface area contributed by atoms with Gasteiger partial charge in [0.1, 0.15) is 24.0 Å². The summed E-state index contributed by atoms with van der Waals surface area (Å²) in [5.74, 6) is -0.665. The number of nitrogens with one attached hydrogen (secondary N) is 2. The third-order valence-electron chi connectivity index (χ3n) is 5.47. The minimum Gasteiger partial charge on any atom is -0.465 e. The SMILES string of the molecule is CCOC(=O)[C@H](C)NP(=O)(Oc1ccccc1)OC1[C@H]2O[C@@H](n3ccc(=O)[nH]c3=O)[C@@](F)(Cl)[C@@]12O. The Kier molecular flexibility index (Phi) is 6.68. The van der Waals surface area contributed by atoms with E-state index in [1.165, 1.54) is 19.1 Å². The average molecular weight is 534 g/mol. The molecule has 0 bridgehead atoms. The van der Waals surface area contributed by atoms with Crippen LogP contribution in [0.25, 0.3) is 0 Å². The fourth-order valence-corrected chi connectivity index (χ4v) is 5.76. The molecule has 2 fully saturated rings. The monoisotopic (exact) mass is 533 g/mol. The maximum atomic E-state index is 15.6. The molecule has 1 aliphatic heterocycles. The van der Waals surface area contributed by atoms with Gasteiger partial charge in [0.2, 0.25) is 0 Å². The fourth-order valence-electron chi connectivity index (χ4n) is 3.68. The molecule has 0 spiro atoms. The summed E-state index contributed by atoms with van der Waals surface area (Å²) in [6.45, 7) is 3.00. The lowest BCUT2D eigenvalue weighted by atomic mass is 10.1. The molecule has 0 amide bonds. The summed E-state index contributed by atoms with van der Waals surface area (Å²) in [6.07, 6.45) is -3.93. The van der Waals surface area contributed by atoms with Crippen molar-refractivity contribution in [3.8, 4) is 5.75 Å². The zero-order valence-corrected chi connectivity index (χ0v) is 20.1. The summed E-state index contributed by atoms with van der Waals surface area (Å²) in [6, 6.07) is 7.57. The van der Waals surface area contributed by atoms with Crippen molar-refractivity contribution in [2.24, 2.45) is 0 Å². The van der Waals surface area contributed by atoms with E-state index >= 15 is 4.39 Å². The molecule has 4 rings (SSSR count). The van der Waals surface area contributed by atoms with E-state index in [1.54, 1.807) is 25.1 Å². The van der Waals surface area contributed by atoms with Crippen molar-refractivity contribution in [2.45, 2.75) is 49.1 Å². The molecule has 1 aromatic heterocycles. The fraction of sp³-hybridized carbons (Fsp3) is 0.450. The van der Waals surface area contributed by atoms with Gasteiger partial charge < -0.3 is 19.1 Å². The van der Waals surface area contributed by atoms with E-state index in [4.69, 9.17) is 30.1 Å². The summed E-state index contributed by atoms with van der Waals surface area (Å²) in [4.78, 5) is 37.4. The van der Waals surface area contributed by atoms with Crippen molar-refractivity contribution in [2.75, 3.05) is 6.61 Å². The number of H-pyrrole nitrogens is 1. The minimum absolute atomic E-state index is 0.0654. The van der Waals surface area contributed by atoms with Crippen LogP contribution in [0.2, 0.25) is 0 Å². The van der Waals surface area contributed by atoms with Gasteiger partial charge in [-0.3, -0.25) is 23.7 Å². The molecule has 2 unspecified atom stereocenters. The second-order valence-electron chi connectivity index (χ2n) is 7.91. The van der Waals surface area contributed by atoms with Gasteiger partial charge in [-0.05, 0) is 26.0 Å². The van der Waals surface area contributed by atoms with Gasteiger partial charge in [0, 0.05) is 12.3 Å². The van der Waals surface area contributed by atoms with Crippen LogP contribution in [0, 0.1) is 0 Å². The number of nitrogens with zero attached hydrogens (tertiary/aromatic N) is 1. The number of rotatable bonds is 9. The number of fused-ring (bicyclic) bond motifs is 1. The van der Waals surface area contributed by atoms with Crippen molar-refractivity contribution in [3.05, 3.63) is 63.4 Å². The molecule has 0 radical (unpaired) electrons. The van der Waals surface area contributed by atoms with Crippen LogP contribution in [-0.4, -0.2) is 56.2 Å². The van der Waals surface area contributed by atoms with Gasteiger partial charge in [0.15, 0.2) is 11.8 Å². The van der Waals surface area contributed by atoms with E-state index in [-0.39, 0.29) is 12.4 Å². The molecule has 1 aliphatic carbocycles. The van der Waals surface area contributed by atoms with E-state index in [9.17, 15) is 24.1 Å². The Morgan fingerprint density at radius 2 is 2.06 bits per heavy atom. The van der Waals surface area contributed by atoms with Gasteiger partial charge in [-0.1, -0.05) is 29.8 Å². The van der Waals surface area contributed by atoms with Crippen LogP contribution in [0.3, 0.4) is 0 Å². The van der Waals surface area contributed by atoms with Crippen LogP contribution in [0.1, 0.15) is 20.1 Å². The molecule has 2 heterocycles. The lowest BCUT2D eigenvalue weighted by Crippen LogP contribution is -2.46. The Hall–Kier alpha value is -2.54. The number of carbonyl (C=O) groups is 1. The number of halogens is 2. The lowest BCUT2D eigenvalue weighted by molar-refractivity contribution is -0.144. The molecular weight excluding hydrogens is 512 g/mol. The second-order valence-corrected chi connectivity index (χ2v) is 10.1. The van der Waals surface area contributed by atoms with E-state index in [2.05, 4.69) is 5.09 Å². The Labute approximate surface area is 202 Å². The molecular formula is C20H22ClFN3O9P. The third-order valence-corrected chi connectivity index (χ3v) is 7.62. The molecule has 1 aromatic carbocycles. The number of aromatic nitrogens is 2. The molecule has 15 heteroatoms. The first-order chi connectivity index (χ1) is 16.4. The predicted octanol–water partition coefficient (Wildman–Crippen LogP) is 1.20. The van der Waals surface area contributed by atoms with Crippen LogP contribution in [-0.2, 0) is 23.4 Å². The summed E-state index contributed by atoms with van der Waals surface area (Å²) in [7, 11) is -4.46. The molecule has 35 heavy (non-hydrogen) atoms. The van der Waals surface area contributed by atoms with E-state index < -0.39 is 60.2 Å². The summed E-state index contributed by atoms with van der Waals surface area (Å²) in [5, 5.41) is 10.2. The zero-order chi connectivity index (χ0) is 25.6. The number of esters is 1. The summed E-state index contributed by atoms with van der Waals surface area (Å²) >= 11 is 6.00. The smallest absolute Gasteiger partial charge is 0.459 e. The van der Waals surface area contributed by atoms with Crippen molar-refractivity contribution in [3.63, 3.8) is 0 Å². The number of aliphatic hydroxyl groups is 1. The van der Waals surface area contributed by atoms with Crippen LogP contribution in [0.5, 0.6) is 5.75 Å². The Bertz CT molecular complexity index is 1270. The van der Waals surface area contributed by atoms with Crippen molar-refractivity contribution < 1.29 is 37.4 Å². The van der Waals surface area contributed by atoms with E-state index in [0.717, 1.165) is 12.3 Å². The number of benzene rings is 1. The Balaban J connectivity index is 1.58. The Morgan fingerprint density at radius 3 is 2.63 bits per heavy atom. The quantitative estimate of drug-likeness (QED) is 0.243. The van der Waals surface area contributed by atoms with E-state index in [0.29, 0.717) is 4.57 Å². The van der Waals surface area contributed by atoms with Gasteiger partial charge in [-0.15, -0.1) is 0 Å². The number of para-hydroxylation sites is 1. The number of ether oxygens (including phenoxy) is 2. The normalized spacial score (nSPS) is 31.7. The molecule has 2 aromatic rings. The molecule has 7 atom stereocenters. The first kappa shape index (κ1) is 25.5. The predicted molar refractivity (Wildman–Crippen MR) is 119 cm³/mol. The van der Waals surface area contributed by atoms with Crippen LogP contribution < -0.4 is 20.9 Å². The number of aromatic amines is 1. The molecule has 1 saturated heterocycles. The highest BCUT2D eigenvalue weighted by atomic mass is 35.5. The van der Waals surface area contributed by atoms with Crippen molar-refractivity contribution in [1.82, 2.24) is 14.6 Å². The molecule has 190 valence electrons. The van der Waals surface area contributed by atoms with Gasteiger partial charge in [-0.25, -0.2) is 13.8 Å². The van der Waals surface area contributed by atoms with Crippen LogP contribution in [0.4, 0.5) is 4.39 Å². The topological polar surface area (TPSA) is 158 Å². The van der Waals surface area contributed by atoms with E-state index in [1.807, 2.05) is 4.98 Å². The Morgan fingerprint density at radius 1 is 1.37 bits per heavy atom. The largest absolute Gasteiger partial charge is 0.465 e. The number of hydrogen-bond donors (Lipinski definition) is 3. The second kappa shape index (κ2) is 9.16. The zero-order valence-electron chi connectivity index (χ0n) is 18.4.